The zero-order chi connectivity index (χ0) is 9.23. The summed E-state index contributed by atoms with van der Waals surface area (Å²) >= 11 is 0. The van der Waals surface area contributed by atoms with E-state index < -0.39 is 0 Å². The Morgan fingerprint density at radius 2 is 2.25 bits per heavy atom. The van der Waals surface area contributed by atoms with Crippen LogP contribution in [0.1, 0.15) is 6.42 Å². The summed E-state index contributed by atoms with van der Waals surface area (Å²) in [4.78, 5) is 10.8. The first-order valence-corrected chi connectivity index (χ1v) is 3.94. The molecule has 0 spiro atoms. The van der Waals surface area contributed by atoms with Crippen molar-refractivity contribution >= 4 is 5.91 Å². The molecule has 0 fully saturated rings. The highest BCUT2D eigenvalue weighted by molar-refractivity contribution is 5.77. The summed E-state index contributed by atoms with van der Waals surface area (Å²) in [5, 5.41) is 12.5. The van der Waals surface area contributed by atoms with Crippen LogP contribution in [0, 0.1) is 0 Å². The first kappa shape index (κ1) is 11.4. The van der Waals surface area contributed by atoms with Crippen LogP contribution < -0.4 is 11.1 Å². The molecule has 71 valence electrons. The minimum Gasteiger partial charge on any atom is -0.369 e. The Hall–Kier alpha value is -0.650. The maximum absolute atomic E-state index is 10.8. The molecule has 0 rings (SSSR count). The molecule has 0 saturated heterocycles. The van der Waals surface area contributed by atoms with Gasteiger partial charge in [0.1, 0.15) is 13.2 Å². The van der Waals surface area contributed by atoms with Crippen LogP contribution >= 0.6 is 0 Å². The Bertz CT molecular complexity index is 107. The smallest absolute Gasteiger partial charge is 0.246 e. The number of nitrogens with one attached hydrogen (secondary N) is 1. The number of carbonyl (C=O) groups excluding carboxylic acids is 1. The van der Waals surface area contributed by atoms with Gasteiger partial charge in [-0.3, -0.25) is 4.79 Å². The van der Waals surface area contributed by atoms with Crippen molar-refractivity contribution in [1.29, 1.82) is 0 Å². The van der Waals surface area contributed by atoms with E-state index >= 15 is 0 Å². The summed E-state index contributed by atoms with van der Waals surface area (Å²) in [6.07, 6.45) is 0.757. The van der Waals surface area contributed by atoms with E-state index in [0.717, 1.165) is 6.42 Å². The van der Waals surface area contributed by atoms with E-state index in [2.05, 4.69) is 5.32 Å². The summed E-state index contributed by atoms with van der Waals surface area (Å²) < 4.78 is 4.72. The molecule has 5 heteroatoms. The normalized spacial score (nSPS) is 9.83. The van der Waals surface area contributed by atoms with E-state index in [4.69, 9.17) is 10.5 Å². The molecule has 0 unspecified atom stereocenters. The van der Waals surface area contributed by atoms with Gasteiger partial charge in [-0.25, -0.2) is 5.11 Å². The van der Waals surface area contributed by atoms with Gasteiger partial charge in [-0.15, -0.1) is 0 Å². The number of hydrogen-bond donors (Lipinski definition) is 2. The summed E-state index contributed by atoms with van der Waals surface area (Å²) in [6, 6.07) is 0. The molecule has 0 bridgehead atoms. The quantitative estimate of drug-likeness (QED) is 0.481. The second-order valence-electron chi connectivity index (χ2n) is 2.25. The van der Waals surface area contributed by atoms with Crippen molar-refractivity contribution in [1.82, 2.24) is 5.32 Å². The van der Waals surface area contributed by atoms with Crippen LogP contribution in [-0.2, 0) is 14.6 Å². The molecule has 0 aromatic heterocycles. The van der Waals surface area contributed by atoms with Gasteiger partial charge in [-0.2, -0.15) is 0 Å². The van der Waals surface area contributed by atoms with Crippen molar-refractivity contribution in [3.8, 4) is 0 Å². The number of hydrogen-bond acceptors (Lipinski definition) is 3. The lowest BCUT2D eigenvalue weighted by atomic mass is 10.4. The number of carbonyl (C=O) groups is 1. The van der Waals surface area contributed by atoms with Crippen LogP contribution in [0.15, 0.2) is 0 Å². The lowest BCUT2D eigenvalue weighted by Gasteiger charge is -2.03. The van der Waals surface area contributed by atoms with Gasteiger partial charge in [-0.1, -0.05) is 0 Å². The average molecular weight is 175 g/mol. The fourth-order valence-corrected chi connectivity index (χ4v) is 0.605. The number of nitrogens with two attached hydrogens (primary N) is 1. The van der Waals surface area contributed by atoms with Crippen molar-refractivity contribution in [3.63, 3.8) is 0 Å². The van der Waals surface area contributed by atoms with Crippen molar-refractivity contribution in [2.24, 2.45) is 5.73 Å². The third kappa shape index (κ3) is 7.46. The zero-order valence-corrected chi connectivity index (χ0v) is 7.04. The standard InChI is InChI=1S/C7H15N2O3/c8-2-1-3-9-7(11)6-12-5-4-10/h1-6,8H2,(H,9,11). The van der Waals surface area contributed by atoms with Crippen molar-refractivity contribution in [2.45, 2.75) is 6.42 Å². The predicted molar refractivity (Wildman–Crippen MR) is 43.1 cm³/mol. The molecule has 0 aliphatic rings. The van der Waals surface area contributed by atoms with Gasteiger partial charge in [0.2, 0.25) is 5.91 Å². The number of ether oxygens (including phenoxy) is 1. The lowest BCUT2D eigenvalue weighted by molar-refractivity contribution is -0.126. The van der Waals surface area contributed by atoms with Crippen LogP contribution in [0.4, 0.5) is 0 Å². The highest BCUT2D eigenvalue weighted by atomic mass is 16.5. The van der Waals surface area contributed by atoms with Crippen LogP contribution in [0.2, 0.25) is 0 Å². The van der Waals surface area contributed by atoms with Gasteiger partial charge >= 0.3 is 0 Å². The van der Waals surface area contributed by atoms with E-state index in [9.17, 15) is 9.90 Å². The Kier molecular flexibility index (Phi) is 7.99. The second-order valence-corrected chi connectivity index (χ2v) is 2.25. The van der Waals surface area contributed by atoms with Crippen LogP contribution in [0.25, 0.3) is 0 Å². The summed E-state index contributed by atoms with van der Waals surface area (Å²) in [7, 11) is 0. The molecule has 0 aliphatic heterocycles. The number of amides is 1. The molecule has 0 aromatic carbocycles. The van der Waals surface area contributed by atoms with Gasteiger partial charge in [0, 0.05) is 6.54 Å². The van der Waals surface area contributed by atoms with Crippen LogP contribution in [-0.4, -0.2) is 38.8 Å². The topological polar surface area (TPSA) is 84.2 Å². The highest BCUT2D eigenvalue weighted by Gasteiger charge is 1.98. The SMILES string of the molecule is NCCCNC(=O)COCC[O]. The third-order valence-electron chi connectivity index (χ3n) is 1.16. The van der Waals surface area contributed by atoms with Gasteiger partial charge in [0.25, 0.3) is 0 Å². The molecular weight excluding hydrogens is 160 g/mol. The molecule has 1 radical (unpaired) electrons. The summed E-state index contributed by atoms with van der Waals surface area (Å²) in [6.45, 7) is 0.866. The van der Waals surface area contributed by atoms with E-state index in [1.165, 1.54) is 0 Å². The molecule has 1 amide bonds. The van der Waals surface area contributed by atoms with Crippen molar-refractivity contribution < 1.29 is 14.6 Å². The van der Waals surface area contributed by atoms with E-state index in [0.29, 0.717) is 13.1 Å². The molecule has 5 nitrogen and oxygen atoms in total. The van der Waals surface area contributed by atoms with Gasteiger partial charge in [0.15, 0.2) is 0 Å². The average Bonchev–Trinajstić information content (AvgIpc) is 2.06. The first-order chi connectivity index (χ1) is 5.81. The first-order valence-electron chi connectivity index (χ1n) is 3.94. The Labute approximate surface area is 71.9 Å². The zero-order valence-electron chi connectivity index (χ0n) is 7.04. The molecule has 0 heterocycles. The maximum Gasteiger partial charge on any atom is 0.246 e. The minimum atomic E-state index is -0.309. The molecule has 3 N–H and O–H groups in total. The monoisotopic (exact) mass is 175 g/mol. The van der Waals surface area contributed by atoms with Gasteiger partial charge in [0.05, 0.1) is 6.61 Å². The maximum atomic E-state index is 10.8. The Morgan fingerprint density at radius 1 is 1.50 bits per heavy atom. The predicted octanol–water partition coefficient (Wildman–Crippen LogP) is -1.10. The van der Waals surface area contributed by atoms with E-state index in [-0.39, 0.29) is 25.7 Å². The molecule has 0 aromatic rings. The largest absolute Gasteiger partial charge is 0.369 e. The molecular formula is C7H15N2O3. The van der Waals surface area contributed by atoms with Gasteiger partial charge in [-0.05, 0) is 13.0 Å². The van der Waals surface area contributed by atoms with E-state index in [1.54, 1.807) is 0 Å². The molecule has 0 saturated carbocycles. The van der Waals surface area contributed by atoms with Crippen molar-refractivity contribution in [2.75, 3.05) is 32.9 Å². The molecule has 12 heavy (non-hydrogen) atoms. The fourth-order valence-electron chi connectivity index (χ4n) is 0.605. The van der Waals surface area contributed by atoms with Crippen LogP contribution in [0.5, 0.6) is 0 Å². The number of rotatable bonds is 7. The second kappa shape index (κ2) is 8.45. The molecule has 0 aliphatic carbocycles. The van der Waals surface area contributed by atoms with E-state index in [1.807, 2.05) is 0 Å². The fraction of sp³-hybridized carbons (Fsp3) is 0.857. The summed E-state index contributed by atoms with van der Waals surface area (Å²) in [5.41, 5.74) is 5.21. The Balaban J connectivity index is 3.10. The van der Waals surface area contributed by atoms with Gasteiger partial charge < -0.3 is 15.8 Å². The lowest BCUT2D eigenvalue weighted by Crippen LogP contribution is -2.29. The molecule has 0 atom stereocenters. The van der Waals surface area contributed by atoms with Crippen molar-refractivity contribution in [3.05, 3.63) is 0 Å². The van der Waals surface area contributed by atoms with Crippen LogP contribution in [0.3, 0.4) is 0 Å². The minimum absolute atomic E-state index is 0.0349. The highest BCUT2D eigenvalue weighted by Crippen LogP contribution is 1.76. The Morgan fingerprint density at radius 3 is 2.83 bits per heavy atom. The summed E-state index contributed by atoms with van der Waals surface area (Å²) in [5.74, 6) is -0.197. The third-order valence-corrected chi connectivity index (χ3v) is 1.16.